The van der Waals surface area contributed by atoms with Crippen molar-refractivity contribution in [2.24, 2.45) is 0 Å². The number of esters is 1. The Bertz CT molecular complexity index is 1220. The quantitative estimate of drug-likeness (QED) is 0.326. The van der Waals surface area contributed by atoms with Crippen LogP contribution in [0.2, 0.25) is 0 Å². The summed E-state index contributed by atoms with van der Waals surface area (Å²) in [4.78, 5) is 24.0. The summed E-state index contributed by atoms with van der Waals surface area (Å²) in [5.41, 5.74) is 3.60. The maximum absolute atomic E-state index is 12.6. The fourth-order valence-electron chi connectivity index (χ4n) is 2.98. The van der Waals surface area contributed by atoms with Gasteiger partial charge in [-0.05, 0) is 49.7 Å². The van der Waals surface area contributed by atoms with Gasteiger partial charge in [-0.2, -0.15) is 0 Å². The van der Waals surface area contributed by atoms with Crippen LogP contribution in [0.1, 0.15) is 22.8 Å². The van der Waals surface area contributed by atoms with E-state index in [4.69, 9.17) is 13.9 Å². The van der Waals surface area contributed by atoms with Crippen molar-refractivity contribution in [3.05, 3.63) is 81.5 Å². The van der Waals surface area contributed by atoms with E-state index in [1.165, 1.54) is 0 Å². The van der Waals surface area contributed by atoms with Crippen LogP contribution >= 0.6 is 11.3 Å². The number of carbonyl (C=O) groups excluding carboxylic acids is 1. The molecule has 4 rings (SSSR count). The molecule has 0 fully saturated rings. The minimum absolute atomic E-state index is 0.351. The molecule has 29 heavy (non-hydrogen) atoms. The molecular weight excluding hydrogens is 388 g/mol. The fourth-order valence-corrected chi connectivity index (χ4v) is 3.70. The van der Waals surface area contributed by atoms with Crippen molar-refractivity contribution in [2.45, 2.75) is 13.8 Å². The molecule has 0 spiro atoms. The molecule has 0 N–H and O–H groups in total. The minimum Gasteiger partial charge on any atom is -0.494 e. The average molecular weight is 406 g/mol. The van der Waals surface area contributed by atoms with Crippen LogP contribution in [0.4, 0.5) is 0 Å². The van der Waals surface area contributed by atoms with Crippen LogP contribution in [0.5, 0.6) is 11.5 Å². The molecule has 0 bridgehead atoms. The second-order valence-corrected chi connectivity index (χ2v) is 7.44. The summed E-state index contributed by atoms with van der Waals surface area (Å²) >= 11 is 0.979. The number of ether oxygens (including phenoxy) is 2. The molecule has 0 saturated heterocycles. The van der Waals surface area contributed by atoms with Crippen LogP contribution in [-0.4, -0.2) is 12.6 Å². The summed E-state index contributed by atoms with van der Waals surface area (Å²) in [5, 5.41) is 0. The van der Waals surface area contributed by atoms with Gasteiger partial charge in [0.05, 0.1) is 16.9 Å². The Morgan fingerprint density at radius 3 is 2.41 bits per heavy atom. The van der Waals surface area contributed by atoms with Crippen molar-refractivity contribution < 1.29 is 18.7 Å². The summed E-state index contributed by atoms with van der Waals surface area (Å²) in [7, 11) is 0. The molecule has 0 atom stereocenters. The fraction of sp³-hybridized carbons (Fsp3) is 0.130. The summed E-state index contributed by atoms with van der Waals surface area (Å²) in [6.45, 7) is 4.45. The normalized spacial score (nSPS) is 10.8. The van der Waals surface area contributed by atoms with Crippen LogP contribution in [0, 0.1) is 6.92 Å². The van der Waals surface area contributed by atoms with Gasteiger partial charge in [0.1, 0.15) is 11.5 Å². The molecule has 3 aromatic carbocycles. The number of aryl methyl sites for hydroxylation is 1. The van der Waals surface area contributed by atoms with Gasteiger partial charge in [0.2, 0.25) is 0 Å². The SMILES string of the molecule is CCOc1ccc(C(=O)Oc2cc(-c3ccc(C)cc3)c3oc(=O)sc3c2)cc1. The van der Waals surface area contributed by atoms with Crippen LogP contribution in [0.25, 0.3) is 21.4 Å². The maximum atomic E-state index is 12.6. The monoisotopic (exact) mass is 406 g/mol. The highest BCUT2D eigenvalue weighted by Gasteiger charge is 2.16. The molecule has 146 valence electrons. The summed E-state index contributed by atoms with van der Waals surface area (Å²) < 4.78 is 17.0. The highest BCUT2D eigenvalue weighted by molar-refractivity contribution is 7.16. The third-order valence-corrected chi connectivity index (χ3v) is 5.15. The molecule has 5 nitrogen and oxygen atoms in total. The lowest BCUT2D eigenvalue weighted by atomic mass is 10.0. The van der Waals surface area contributed by atoms with Crippen molar-refractivity contribution in [3.8, 4) is 22.6 Å². The molecule has 0 saturated carbocycles. The standard InChI is InChI=1S/C23H18O5S/c1-3-26-17-10-8-16(9-11-17)22(24)27-18-12-19(15-6-4-14(2)5-7-15)21-20(13-18)29-23(25)28-21/h4-13H,3H2,1-2H3. The third kappa shape index (κ3) is 4.07. The topological polar surface area (TPSA) is 65.7 Å². The smallest absolute Gasteiger partial charge is 0.396 e. The Hall–Kier alpha value is -3.38. The number of hydrogen-bond donors (Lipinski definition) is 0. The van der Waals surface area contributed by atoms with Gasteiger partial charge in [0.15, 0.2) is 5.58 Å². The number of hydrogen-bond acceptors (Lipinski definition) is 6. The molecule has 0 amide bonds. The summed E-state index contributed by atoms with van der Waals surface area (Å²) in [6.07, 6.45) is 0. The predicted octanol–water partition coefficient (Wildman–Crippen LogP) is 5.45. The van der Waals surface area contributed by atoms with E-state index in [0.717, 1.165) is 22.5 Å². The Balaban J connectivity index is 1.69. The number of carbonyl (C=O) groups is 1. The van der Waals surface area contributed by atoms with Gasteiger partial charge in [-0.1, -0.05) is 41.2 Å². The second-order valence-electron chi connectivity index (χ2n) is 6.47. The Morgan fingerprint density at radius 2 is 1.72 bits per heavy atom. The zero-order chi connectivity index (χ0) is 20.4. The molecule has 1 heterocycles. The van der Waals surface area contributed by atoms with E-state index >= 15 is 0 Å². The van der Waals surface area contributed by atoms with Crippen molar-refractivity contribution >= 4 is 27.6 Å². The molecule has 0 unspecified atom stereocenters. The molecular formula is C23H18O5S. The van der Waals surface area contributed by atoms with Gasteiger partial charge in [-0.3, -0.25) is 0 Å². The lowest BCUT2D eigenvalue weighted by Crippen LogP contribution is -2.08. The van der Waals surface area contributed by atoms with Crippen LogP contribution in [0.15, 0.2) is 69.9 Å². The van der Waals surface area contributed by atoms with Crippen molar-refractivity contribution in [3.63, 3.8) is 0 Å². The summed E-state index contributed by atoms with van der Waals surface area (Å²) in [5.74, 6) is 0.553. The van der Waals surface area contributed by atoms with E-state index in [-0.39, 0.29) is 0 Å². The first-order valence-corrected chi connectivity index (χ1v) is 9.95. The Kier molecular flexibility index (Phi) is 5.18. The Morgan fingerprint density at radius 1 is 1.00 bits per heavy atom. The van der Waals surface area contributed by atoms with Crippen LogP contribution in [0.3, 0.4) is 0 Å². The van der Waals surface area contributed by atoms with Gasteiger partial charge in [-0.15, -0.1) is 0 Å². The summed E-state index contributed by atoms with van der Waals surface area (Å²) in [6, 6.07) is 18.0. The number of benzene rings is 3. The lowest BCUT2D eigenvalue weighted by Gasteiger charge is -2.09. The molecule has 4 aromatic rings. The first-order valence-electron chi connectivity index (χ1n) is 9.13. The van der Waals surface area contributed by atoms with E-state index in [0.29, 0.717) is 39.5 Å². The molecule has 0 aliphatic rings. The first-order chi connectivity index (χ1) is 14.0. The van der Waals surface area contributed by atoms with Gasteiger partial charge in [0, 0.05) is 11.6 Å². The van der Waals surface area contributed by atoms with E-state index in [2.05, 4.69) is 0 Å². The highest BCUT2D eigenvalue weighted by atomic mass is 32.1. The van der Waals surface area contributed by atoms with Gasteiger partial charge >= 0.3 is 10.9 Å². The lowest BCUT2D eigenvalue weighted by molar-refractivity contribution is 0.0735. The van der Waals surface area contributed by atoms with Gasteiger partial charge in [0.25, 0.3) is 0 Å². The number of fused-ring (bicyclic) bond motifs is 1. The second kappa shape index (κ2) is 7.93. The zero-order valence-electron chi connectivity index (χ0n) is 15.9. The predicted molar refractivity (Wildman–Crippen MR) is 113 cm³/mol. The molecule has 0 aliphatic carbocycles. The van der Waals surface area contributed by atoms with E-state index in [1.807, 2.05) is 38.1 Å². The van der Waals surface area contributed by atoms with E-state index < -0.39 is 10.9 Å². The molecule has 0 radical (unpaired) electrons. The average Bonchev–Trinajstić information content (AvgIpc) is 3.09. The van der Waals surface area contributed by atoms with Crippen molar-refractivity contribution in [1.29, 1.82) is 0 Å². The van der Waals surface area contributed by atoms with Crippen molar-refractivity contribution in [1.82, 2.24) is 0 Å². The van der Waals surface area contributed by atoms with Crippen LogP contribution < -0.4 is 14.4 Å². The zero-order valence-corrected chi connectivity index (χ0v) is 16.7. The van der Waals surface area contributed by atoms with E-state index in [1.54, 1.807) is 36.4 Å². The minimum atomic E-state index is -0.488. The van der Waals surface area contributed by atoms with E-state index in [9.17, 15) is 9.59 Å². The van der Waals surface area contributed by atoms with Crippen molar-refractivity contribution in [2.75, 3.05) is 6.61 Å². The molecule has 1 aromatic heterocycles. The highest BCUT2D eigenvalue weighted by Crippen LogP contribution is 2.35. The number of rotatable bonds is 5. The third-order valence-electron chi connectivity index (χ3n) is 4.38. The van der Waals surface area contributed by atoms with Gasteiger partial charge in [-0.25, -0.2) is 9.59 Å². The first kappa shape index (κ1) is 19.0. The van der Waals surface area contributed by atoms with Crippen LogP contribution in [-0.2, 0) is 0 Å². The molecule has 0 aliphatic heterocycles. The van der Waals surface area contributed by atoms with Gasteiger partial charge < -0.3 is 13.9 Å². The largest absolute Gasteiger partial charge is 0.494 e. The Labute approximate surface area is 171 Å². The maximum Gasteiger partial charge on any atom is 0.396 e. The molecule has 6 heteroatoms.